The highest BCUT2D eigenvalue weighted by Gasteiger charge is 2.20. The molecule has 1 aromatic rings. The normalized spacial score (nSPS) is 10.8. The van der Waals surface area contributed by atoms with Gasteiger partial charge in [0.1, 0.15) is 0 Å². The fourth-order valence-electron chi connectivity index (χ4n) is 2.13. The van der Waals surface area contributed by atoms with E-state index in [1.54, 1.807) is 7.05 Å². The first-order valence-electron chi connectivity index (χ1n) is 7.64. The van der Waals surface area contributed by atoms with E-state index in [1.165, 1.54) is 0 Å². The molecule has 0 aliphatic heterocycles. The molecule has 0 atom stereocenters. The minimum absolute atomic E-state index is 0.0578. The summed E-state index contributed by atoms with van der Waals surface area (Å²) in [4.78, 5) is 15.0. The minimum Gasteiger partial charge on any atom is -0.463 e. The van der Waals surface area contributed by atoms with Crippen molar-refractivity contribution in [1.29, 1.82) is 0 Å². The lowest BCUT2D eigenvalue weighted by Gasteiger charge is -2.30. The molecule has 1 rings (SSSR count). The Kier molecular flexibility index (Phi) is 7.74. The second kappa shape index (κ2) is 9.33. The number of aliphatic hydroxyl groups is 1. The van der Waals surface area contributed by atoms with Gasteiger partial charge in [-0.3, -0.25) is 0 Å². The molecule has 1 heterocycles. The number of hydrogen-bond acceptors (Lipinski definition) is 7. The summed E-state index contributed by atoms with van der Waals surface area (Å²) in [5.74, 6) is 1.02. The summed E-state index contributed by atoms with van der Waals surface area (Å²) < 4.78 is 5.52. The Morgan fingerprint density at radius 3 is 2.43 bits per heavy atom. The van der Waals surface area contributed by atoms with Crippen LogP contribution in [0.1, 0.15) is 40.0 Å². The van der Waals surface area contributed by atoms with Gasteiger partial charge in [-0.1, -0.05) is 20.8 Å². The van der Waals surface area contributed by atoms with E-state index in [2.05, 4.69) is 34.1 Å². The lowest BCUT2D eigenvalue weighted by Crippen LogP contribution is -2.38. The van der Waals surface area contributed by atoms with Crippen molar-refractivity contribution in [2.45, 2.75) is 46.1 Å². The van der Waals surface area contributed by atoms with Gasteiger partial charge in [-0.15, -0.1) is 0 Å². The number of ether oxygens (including phenoxy) is 1. The molecular weight excluding hydrogens is 270 g/mol. The van der Waals surface area contributed by atoms with Crippen molar-refractivity contribution in [3.05, 3.63) is 0 Å². The van der Waals surface area contributed by atoms with Gasteiger partial charge in [0.15, 0.2) is 0 Å². The van der Waals surface area contributed by atoms with Crippen molar-refractivity contribution >= 4 is 11.9 Å². The third-order valence-electron chi connectivity index (χ3n) is 3.24. The fraction of sp³-hybridized carbons (Fsp3) is 0.786. The standard InChI is InChI=1S/C14H27N5O2/c1-5-10-21-14-17-12(15-4)16-13(18-14)19(8-9-20)11(6-2)7-3/h11,20H,5-10H2,1-4H3,(H,15,16,17,18). The van der Waals surface area contributed by atoms with Crippen molar-refractivity contribution in [2.24, 2.45) is 0 Å². The van der Waals surface area contributed by atoms with Gasteiger partial charge in [0.25, 0.3) is 0 Å². The highest BCUT2D eigenvalue weighted by atomic mass is 16.5. The van der Waals surface area contributed by atoms with E-state index in [0.717, 1.165) is 19.3 Å². The Hall–Kier alpha value is -1.63. The van der Waals surface area contributed by atoms with Gasteiger partial charge in [0.05, 0.1) is 13.2 Å². The summed E-state index contributed by atoms with van der Waals surface area (Å²) in [6.45, 7) is 7.39. The average molecular weight is 297 g/mol. The third kappa shape index (κ3) is 5.00. The predicted molar refractivity (Wildman–Crippen MR) is 84.0 cm³/mol. The van der Waals surface area contributed by atoms with Crippen LogP contribution in [-0.4, -0.2) is 52.9 Å². The molecule has 0 aromatic carbocycles. The molecule has 2 N–H and O–H groups in total. The van der Waals surface area contributed by atoms with E-state index in [9.17, 15) is 5.11 Å². The van der Waals surface area contributed by atoms with Gasteiger partial charge in [0.2, 0.25) is 11.9 Å². The van der Waals surface area contributed by atoms with Crippen LogP contribution in [0.15, 0.2) is 0 Å². The van der Waals surface area contributed by atoms with Crippen molar-refractivity contribution < 1.29 is 9.84 Å². The largest absolute Gasteiger partial charge is 0.463 e. The Morgan fingerprint density at radius 2 is 1.90 bits per heavy atom. The molecule has 120 valence electrons. The maximum Gasteiger partial charge on any atom is 0.323 e. The number of rotatable bonds is 10. The van der Waals surface area contributed by atoms with Crippen LogP contribution in [0.25, 0.3) is 0 Å². The quantitative estimate of drug-likeness (QED) is 0.680. The van der Waals surface area contributed by atoms with Crippen LogP contribution in [0, 0.1) is 0 Å². The Balaban J connectivity index is 3.09. The van der Waals surface area contributed by atoms with Crippen molar-refractivity contribution in [3.8, 4) is 6.01 Å². The van der Waals surface area contributed by atoms with E-state index < -0.39 is 0 Å². The van der Waals surface area contributed by atoms with Crippen LogP contribution >= 0.6 is 0 Å². The summed E-state index contributed by atoms with van der Waals surface area (Å²) >= 11 is 0. The average Bonchev–Trinajstić information content (AvgIpc) is 2.52. The van der Waals surface area contributed by atoms with E-state index >= 15 is 0 Å². The highest BCUT2D eigenvalue weighted by Crippen LogP contribution is 2.19. The summed E-state index contributed by atoms with van der Waals surface area (Å²) in [6.07, 6.45) is 2.81. The first kappa shape index (κ1) is 17.4. The monoisotopic (exact) mass is 297 g/mol. The fourth-order valence-corrected chi connectivity index (χ4v) is 2.13. The smallest absolute Gasteiger partial charge is 0.323 e. The van der Waals surface area contributed by atoms with E-state index in [1.807, 2.05) is 11.8 Å². The molecule has 7 nitrogen and oxygen atoms in total. The van der Waals surface area contributed by atoms with Crippen molar-refractivity contribution in [1.82, 2.24) is 15.0 Å². The topological polar surface area (TPSA) is 83.4 Å². The molecule has 0 bridgehead atoms. The molecule has 7 heteroatoms. The summed E-state index contributed by atoms with van der Waals surface area (Å²) in [7, 11) is 1.76. The second-order valence-corrected chi connectivity index (χ2v) is 4.73. The van der Waals surface area contributed by atoms with Crippen LogP contribution < -0.4 is 15.0 Å². The lowest BCUT2D eigenvalue weighted by atomic mass is 10.1. The number of nitrogens with zero attached hydrogens (tertiary/aromatic N) is 4. The predicted octanol–water partition coefficient (Wildman–Crippen LogP) is 1.69. The molecule has 0 spiro atoms. The van der Waals surface area contributed by atoms with E-state index in [-0.39, 0.29) is 12.6 Å². The molecule has 0 amide bonds. The first-order valence-corrected chi connectivity index (χ1v) is 7.64. The Morgan fingerprint density at radius 1 is 1.19 bits per heavy atom. The lowest BCUT2D eigenvalue weighted by molar-refractivity contribution is 0.286. The third-order valence-corrected chi connectivity index (χ3v) is 3.24. The van der Waals surface area contributed by atoms with Gasteiger partial charge < -0.3 is 20.1 Å². The molecule has 0 aliphatic rings. The molecule has 0 saturated carbocycles. The Bertz CT molecular complexity index is 412. The SMILES string of the molecule is CCCOc1nc(NC)nc(N(CCO)C(CC)CC)n1. The summed E-state index contributed by atoms with van der Waals surface area (Å²) in [5, 5.41) is 12.2. The second-order valence-electron chi connectivity index (χ2n) is 4.73. The van der Waals surface area contributed by atoms with Gasteiger partial charge in [0, 0.05) is 19.6 Å². The van der Waals surface area contributed by atoms with Gasteiger partial charge in [-0.05, 0) is 19.3 Å². The number of hydrogen-bond donors (Lipinski definition) is 2. The number of aromatic nitrogens is 3. The zero-order chi connectivity index (χ0) is 15.7. The number of nitrogens with one attached hydrogen (secondary N) is 1. The summed E-state index contributed by atoms with van der Waals surface area (Å²) in [6, 6.07) is 0.600. The van der Waals surface area contributed by atoms with Gasteiger partial charge in [-0.2, -0.15) is 15.0 Å². The van der Waals surface area contributed by atoms with Crippen LogP contribution in [0.4, 0.5) is 11.9 Å². The molecular formula is C14H27N5O2. The minimum atomic E-state index is 0.0578. The zero-order valence-corrected chi connectivity index (χ0v) is 13.5. The molecule has 0 unspecified atom stereocenters. The highest BCUT2D eigenvalue weighted by molar-refractivity contribution is 5.39. The van der Waals surface area contributed by atoms with Crippen LogP contribution in [0.3, 0.4) is 0 Å². The van der Waals surface area contributed by atoms with Crippen molar-refractivity contribution in [3.63, 3.8) is 0 Å². The molecule has 21 heavy (non-hydrogen) atoms. The molecule has 0 saturated heterocycles. The molecule has 1 aromatic heterocycles. The maximum absolute atomic E-state index is 9.32. The van der Waals surface area contributed by atoms with Gasteiger partial charge in [-0.25, -0.2) is 0 Å². The van der Waals surface area contributed by atoms with E-state index in [0.29, 0.717) is 31.1 Å². The van der Waals surface area contributed by atoms with E-state index in [4.69, 9.17) is 4.74 Å². The number of aliphatic hydroxyl groups excluding tert-OH is 1. The molecule has 0 radical (unpaired) electrons. The zero-order valence-electron chi connectivity index (χ0n) is 13.5. The first-order chi connectivity index (χ1) is 10.2. The van der Waals surface area contributed by atoms with Crippen LogP contribution in [-0.2, 0) is 0 Å². The number of anilines is 2. The molecule has 0 aliphatic carbocycles. The molecule has 0 fully saturated rings. The van der Waals surface area contributed by atoms with Gasteiger partial charge >= 0.3 is 6.01 Å². The van der Waals surface area contributed by atoms with Crippen molar-refractivity contribution in [2.75, 3.05) is 37.0 Å². The van der Waals surface area contributed by atoms with Crippen LogP contribution in [0.2, 0.25) is 0 Å². The Labute approximate surface area is 126 Å². The summed E-state index contributed by atoms with van der Waals surface area (Å²) in [5.41, 5.74) is 0. The maximum atomic E-state index is 9.32. The van der Waals surface area contributed by atoms with Crippen LogP contribution in [0.5, 0.6) is 6.01 Å².